The van der Waals surface area contributed by atoms with Gasteiger partial charge in [0.15, 0.2) is 0 Å². The van der Waals surface area contributed by atoms with Gasteiger partial charge in [0.25, 0.3) is 0 Å². The SMILES string of the molecule is CCCCCCOc1cccc([I-]c2ccccc2)c1. The van der Waals surface area contributed by atoms with Crippen molar-refractivity contribution in [2.24, 2.45) is 0 Å². The average Bonchev–Trinajstić information content (AvgIpc) is 2.48. The van der Waals surface area contributed by atoms with Crippen molar-refractivity contribution in [3.63, 3.8) is 0 Å². The number of ether oxygens (including phenoxy) is 1. The maximum atomic E-state index is 5.85. The van der Waals surface area contributed by atoms with Crippen LogP contribution in [0.1, 0.15) is 32.6 Å². The Labute approximate surface area is 132 Å². The first-order chi connectivity index (χ1) is 9.88. The Bertz CT molecular complexity index is 496. The van der Waals surface area contributed by atoms with Crippen molar-refractivity contribution in [1.29, 1.82) is 0 Å². The van der Waals surface area contributed by atoms with Crippen LogP contribution in [0.3, 0.4) is 0 Å². The molecule has 108 valence electrons. The van der Waals surface area contributed by atoms with E-state index in [0.717, 1.165) is 18.8 Å². The van der Waals surface area contributed by atoms with Gasteiger partial charge in [-0.05, 0) is 0 Å². The van der Waals surface area contributed by atoms with Crippen molar-refractivity contribution in [2.45, 2.75) is 32.6 Å². The fourth-order valence-corrected chi connectivity index (χ4v) is 4.28. The van der Waals surface area contributed by atoms with Crippen molar-refractivity contribution in [3.05, 3.63) is 61.7 Å². The van der Waals surface area contributed by atoms with Gasteiger partial charge in [0.05, 0.1) is 0 Å². The Morgan fingerprint density at radius 3 is 2.45 bits per heavy atom. The molecule has 0 saturated carbocycles. The van der Waals surface area contributed by atoms with Crippen molar-refractivity contribution < 1.29 is 25.9 Å². The molecule has 2 rings (SSSR count). The summed E-state index contributed by atoms with van der Waals surface area (Å²) >= 11 is -0.0938. The zero-order chi connectivity index (χ0) is 14.0. The van der Waals surface area contributed by atoms with Crippen LogP contribution in [0, 0.1) is 7.14 Å². The first-order valence-electron chi connectivity index (χ1n) is 7.31. The summed E-state index contributed by atoms with van der Waals surface area (Å²) in [5.41, 5.74) is 0. The Kier molecular flexibility index (Phi) is 6.92. The molecule has 0 bridgehead atoms. The van der Waals surface area contributed by atoms with E-state index < -0.39 is 0 Å². The average molecular weight is 381 g/mol. The molecule has 0 radical (unpaired) electrons. The van der Waals surface area contributed by atoms with Gasteiger partial charge in [0.2, 0.25) is 0 Å². The number of halogens is 1. The van der Waals surface area contributed by atoms with Crippen LogP contribution in [0.25, 0.3) is 0 Å². The second-order valence-corrected chi connectivity index (χ2v) is 7.79. The minimum absolute atomic E-state index is 0.0938. The van der Waals surface area contributed by atoms with E-state index in [1.54, 1.807) is 0 Å². The molecule has 2 aromatic rings. The number of rotatable bonds is 8. The van der Waals surface area contributed by atoms with Crippen molar-refractivity contribution >= 4 is 0 Å². The van der Waals surface area contributed by atoms with Gasteiger partial charge < -0.3 is 0 Å². The normalized spacial score (nSPS) is 10.7. The van der Waals surface area contributed by atoms with E-state index in [1.165, 1.54) is 26.4 Å². The van der Waals surface area contributed by atoms with Gasteiger partial charge in [0, 0.05) is 0 Å². The van der Waals surface area contributed by atoms with Gasteiger partial charge in [-0.25, -0.2) is 0 Å². The predicted molar refractivity (Wildman–Crippen MR) is 79.9 cm³/mol. The van der Waals surface area contributed by atoms with Crippen molar-refractivity contribution in [1.82, 2.24) is 0 Å². The third-order valence-corrected chi connectivity index (χ3v) is 5.65. The summed E-state index contributed by atoms with van der Waals surface area (Å²) in [6.07, 6.45) is 5.01. The predicted octanol–water partition coefficient (Wildman–Crippen LogP) is 1.77. The van der Waals surface area contributed by atoms with Crippen LogP contribution < -0.4 is 25.9 Å². The first kappa shape index (κ1) is 15.4. The molecule has 0 spiro atoms. The van der Waals surface area contributed by atoms with Gasteiger partial charge in [-0.3, -0.25) is 0 Å². The van der Waals surface area contributed by atoms with E-state index in [2.05, 4.69) is 61.5 Å². The second-order valence-electron chi connectivity index (χ2n) is 4.76. The van der Waals surface area contributed by atoms with Crippen LogP contribution in [-0.4, -0.2) is 6.61 Å². The quantitative estimate of drug-likeness (QED) is 0.501. The van der Waals surface area contributed by atoms with E-state index in [9.17, 15) is 0 Å². The van der Waals surface area contributed by atoms with E-state index in [-0.39, 0.29) is 21.2 Å². The Balaban J connectivity index is 1.84. The zero-order valence-corrected chi connectivity index (χ0v) is 14.2. The molecule has 0 atom stereocenters. The van der Waals surface area contributed by atoms with Gasteiger partial charge in [0.1, 0.15) is 0 Å². The Morgan fingerprint density at radius 2 is 1.65 bits per heavy atom. The molecular formula is C18H22IO-. The molecular weight excluding hydrogens is 359 g/mol. The molecule has 2 aromatic carbocycles. The Morgan fingerprint density at radius 1 is 0.850 bits per heavy atom. The van der Waals surface area contributed by atoms with E-state index >= 15 is 0 Å². The molecule has 0 N–H and O–H groups in total. The zero-order valence-electron chi connectivity index (χ0n) is 12.0. The maximum absolute atomic E-state index is 5.85. The summed E-state index contributed by atoms with van der Waals surface area (Å²) in [5.74, 6) is 1.02. The Hall–Kier alpha value is -1.03. The molecule has 0 aromatic heterocycles. The van der Waals surface area contributed by atoms with Gasteiger partial charge in [-0.1, -0.05) is 0 Å². The number of hydrogen-bond donors (Lipinski definition) is 0. The molecule has 0 amide bonds. The molecule has 0 aliphatic heterocycles. The third-order valence-electron chi connectivity index (χ3n) is 3.01. The standard InChI is InChI=1S/C18H22IO/c1-2-3-4-8-14-20-18-13-9-12-17(15-18)19-16-10-6-5-7-11-16/h5-7,9-13,15H,2-4,8,14H2,1H3/q-1. The fourth-order valence-electron chi connectivity index (χ4n) is 1.94. The summed E-state index contributed by atoms with van der Waals surface area (Å²) in [5, 5.41) is 0. The van der Waals surface area contributed by atoms with Gasteiger partial charge in [-0.15, -0.1) is 0 Å². The molecule has 0 heterocycles. The van der Waals surface area contributed by atoms with Crippen molar-refractivity contribution in [2.75, 3.05) is 6.61 Å². The molecule has 0 saturated heterocycles. The summed E-state index contributed by atoms with van der Waals surface area (Å²) in [7, 11) is 0. The first-order valence-corrected chi connectivity index (χ1v) is 9.47. The molecule has 1 nitrogen and oxygen atoms in total. The molecule has 0 aliphatic carbocycles. The van der Waals surface area contributed by atoms with Gasteiger partial charge >= 0.3 is 133 Å². The third kappa shape index (κ3) is 5.53. The van der Waals surface area contributed by atoms with Crippen LogP contribution in [0.5, 0.6) is 5.75 Å². The van der Waals surface area contributed by atoms with Crippen LogP contribution in [-0.2, 0) is 0 Å². The number of benzene rings is 2. The van der Waals surface area contributed by atoms with Crippen LogP contribution >= 0.6 is 0 Å². The summed E-state index contributed by atoms with van der Waals surface area (Å²) in [6, 6.07) is 19.3. The monoisotopic (exact) mass is 381 g/mol. The van der Waals surface area contributed by atoms with Crippen LogP contribution in [0.15, 0.2) is 54.6 Å². The van der Waals surface area contributed by atoms with Crippen LogP contribution in [0.2, 0.25) is 0 Å². The molecule has 0 unspecified atom stereocenters. The minimum atomic E-state index is -0.0938. The summed E-state index contributed by atoms with van der Waals surface area (Å²) in [4.78, 5) is 0. The molecule has 0 fully saturated rings. The summed E-state index contributed by atoms with van der Waals surface area (Å²) in [6.45, 7) is 3.07. The van der Waals surface area contributed by atoms with Crippen LogP contribution in [0.4, 0.5) is 0 Å². The number of unbranched alkanes of at least 4 members (excludes halogenated alkanes) is 3. The molecule has 0 aliphatic rings. The van der Waals surface area contributed by atoms with Gasteiger partial charge in [-0.2, -0.15) is 0 Å². The topological polar surface area (TPSA) is 9.23 Å². The second kappa shape index (κ2) is 9.01. The van der Waals surface area contributed by atoms with E-state index in [0.29, 0.717) is 0 Å². The fraction of sp³-hybridized carbons (Fsp3) is 0.333. The number of hydrogen-bond acceptors (Lipinski definition) is 1. The molecule has 2 heteroatoms. The molecule has 20 heavy (non-hydrogen) atoms. The summed E-state index contributed by atoms with van der Waals surface area (Å²) < 4.78 is 8.72. The van der Waals surface area contributed by atoms with E-state index in [4.69, 9.17) is 4.74 Å². The van der Waals surface area contributed by atoms with Crippen molar-refractivity contribution in [3.8, 4) is 5.75 Å². The van der Waals surface area contributed by atoms with E-state index in [1.807, 2.05) is 0 Å².